The SMILES string of the molecule is CCCCNC(=O)CNC(=O)c1ccc2[nH]nc(C=Cc3ccc(F)cc3)c2c1OC. The van der Waals surface area contributed by atoms with E-state index in [1.165, 1.54) is 19.2 Å². The Bertz CT molecular complexity index is 1090. The molecule has 0 aliphatic heterocycles. The van der Waals surface area contributed by atoms with Crippen molar-refractivity contribution in [1.29, 1.82) is 0 Å². The fraction of sp³-hybridized carbons (Fsp3) is 0.261. The van der Waals surface area contributed by atoms with Crippen LogP contribution in [-0.4, -0.2) is 42.2 Å². The van der Waals surface area contributed by atoms with Crippen molar-refractivity contribution in [1.82, 2.24) is 20.8 Å². The zero-order valence-electron chi connectivity index (χ0n) is 17.5. The summed E-state index contributed by atoms with van der Waals surface area (Å²) in [6.07, 6.45) is 5.42. The molecule has 162 valence electrons. The molecular weight excluding hydrogens is 399 g/mol. The molecule has 3 aromatic rings. The highest BCUT2D eigenvalue weighted by molar-refractivity contribution is 6.06. The van der Waals surface area contributed by atoms with E-state index in [2.05, 4.69) is 20.8 Å². The summed E-state index contributed by atoms with van der Waals surface area (Å²) in [6.45, 7) is 2.50. The Kier molecular flexibility index (Phi) is 7.37. The first-order chi connectivity index (χ1) is 15.0. The number of methoxy groups -OCH3 is 1. The topological polar surface area (TPSA) is 96.1 Å². The lowest BCUT2D eigenvalue weighted by atomic mass is 10.1. The first-order valence-electron chi connectivity index (χ1n) is 10.1. The summed E-state index contributed by atoms with van der Waals surface area (Å²) in [5.41, 5.74) is 2.38. The number of hydrogen-bond donors (Lipinski definition) is 3. The van der Waals surface area contributed by atoms with E-state index in [0.29, 0.717) is 34.5 Å². The molecule has 0 spiro atoms. The van der Waals surface area contributed by atoms with Crippen LogP contribution >= 0.6 is 0 Å². The summed E-state index contributed by atoms with van der Waals surface area (Å²) in [5, 5.41) is 13.2. The van der Waals surface area contributed by atoms with E-state index in [1.807, 2.05) is 6.92 Å². The molecule has 0 aliphatic rings. The standard InChI is InChI=1S/C23H25FN4O3/c1-3-4-13-25-20(29)14-26-23(30)17-10-12-19-21(22(17)31-2)18(27-28-19)11-7-15-5-8-16(24)9-6-15/h5-12H,3-4,13-14H2,1-2H3,(H,25,29)(H,26,30)(H,27,28). The van der Waals surface area contributed by atoms with E-state index >= 15 is 0 Å². The zero-order valence-corrected chi connectivity index (χ0v) is 17.5. The average Bonchev–Trinajstić information content (AvgIpc) is 3.20. The molecule has 0 bridgehead atoms. The summed E-state index contributed by atoms with van der Waals surface area (Å²) in [5.74, 6) is -0.611. The van der Waals surface area contributed by atoms with Gasteiger partial charge in [-0.25, -0.2) is 4.39 Å². The van der Waals surface area contributed by atoms with Gasteiger partial charge >= 0.3 is 0 Å². The van der Waals surface area contributed by atoms with Gasteiger partial charge in [-0.15, -0.1) is 0 Å². The van der Waals surface area contributed by atoms with E-state index in [1.54, 1.807) is 36.4 Å². The summed E-state index contributed by atoms with van der Waals surface area (Å²) >= 11 is 0. The molecule has 1 heterocycles. The van der Waals surface area contributed by atoms with Crippen LogP contribution in [0.15, 0.2) is 36.4 Å². The van der Waals surface area contributed by atoms with E-state index in [4.69, 9.17) is 4.74 Å². The normalized spacial score (nSPS) is 11.1. The van der Waals surface area contributed by atoms with E-state index in [-0.39, 0.29) is 18.3 Å². The summed E-state index contributed by atoms with van der Waals surface area (Å²) < 4.78 is 18.6. The predicted octanol–water partition coefficient (Wildman–Crippen LogP) is 3.53. The van der Waals surface area contributed by atoms with Gasteiger partial charge < -0.3 is 15.4 Å². The van der Waals surface area contributed by atoms with Crippen molar-refractivity contribution in [3.8, 4) is 5.75 Å². The number of unbranched alkanes of at least 4 members (excludes halogenated alkanes) is 1. The summed E-state index contributed by atoms with van der Waals surface area (Å²) in [4.78, 5) is 24.6. The van der Waals surface area contributed by atoms with Crippen LogP contribution in [0.25, 0.3) is 23.1 Å². The molecule has 0 saturated heterocycles. The Balaban J connectivity index is 1.81. The molecule has 0 aliphatic carbocycles. The number of fused-ring (bicyclic) bond motifs is 1. The van der Waals surface area contributed by atoms with Gasteiger partial charge in [0.25, 0.3) is 5.91 Å². The third-order valence-electron chi connectivity index (χ3n) is 4.73. The van der Waals surface area contributed by atoms with Crippen molar-refractivity contribution in [3.63, 3.8) is 0 Å². The molecule has 8 heteroatoms. The number of carbonyl (C=O) groups is 2. The van der Waals surface area contributed by atoms with Gasteiger partial charge in [-0.1, -0.05) is 31.6 Å². The van der Waals surface area contributed by atoms with Gasteiger partial charge in [0, 0.05) is 6.54 Å². The largest absolute Gasteiger partial charge is 0.495 e. The van der Waals surface area contributed by atoms with Crippen LogP contribution in [0.4, 0.5) is 4.39 Å². The van der Waals surface area contributed by atoms with Gasteiger partial charge in [0.1, 0.15) is 11.6 Å². The molecule has 0 saturated carbocycles. The van der Waals surface area contributed by atoms with Crippen molar-refractivity contribution >= 4 is 34.9 Å². The average molecular weight is 424 g/mol. The van der Waals surface area contributed by atoms with Gasteiger partial charge in [0.05, 0.1) is 35.8 Å². The van der Waals surface area contributed by atoms with Crippen molar-refractivity contribution < 1.29 is 18.7 Å². The Morgan fingerprint density at radius 3 is 2.61 bits per heavy atom. The van der Waals surface area contributed by atoms with Gasteiger partial charge in [-0.05, 0) is 42.3 Å². The highest BCUT2D eigenvalue weighted by Crippen LogP contribution is 2.32. The third kappa shape index (κ3) is 5.48. The van der Waals surface area contributed by atoms with Crippen LogP contribution in [0.5, 0.6) is 5.75 Å². The fourth-order valence-electron chi connectivity index (χ4n) is 3.09. The number of halogens is 1. The van der Waals surface area contributed by atoms with Crippen molar-refractivity contribution in [3.05, 3.63) is 59.0 Å². The van der Waals surface area contributed by atoms with Crippen LogP contribution in [0, 0.1) is 5.82 Å². The van der Waals surface area contributed by atoms with Crippen LogP contribution in [-0.2, 0) is 4.79 Å². The Morgan fingerprint density at radius 2 is 1.90 bits per heavy atom. The number of rotatable bonds is 9. The van der Waals surface area contributed by atoms with Crippen LogP contribution in [0.1, 0.15) is 41.4 Å². The number of aromatic nitrogens is 2. The highest BCUT2D eigenvalue weighted by atomic mass is 19.1. The molecule has 0 unspecified atom stereocenters. The van der Waals surface area contributed by atoms with Crippen LogP contribution in [0.3, 0.4) is 0 Å². The van der Waals surface area contributed by atoms with Gasteiger partial charge in [-0.2, -0.15) is 5.10 Å². The molecule has 0 fully saturated rings. The molecule has 2 amide bonds. The number of nitrogens with one attached hydrogen (secondary N) is 3. The van der Waals surface area contributed by atoms with Gasteiger partial charge in [0.15, 0.2) is 0 Å². The number of nitrogens with zero attached hydrogens (tertiary/aromatic N) is 1. The quantitative estimate of drug-likeness (QED) is 0.458. The fourth-order valence-corrected chi connectivity index (χ4v) is 3.09. The summed E-state index contributed by atoms with van der Waals surface area (Å²) in [7, 11) is 1.48. The first-order valence-corrected chi connectivity index (χ1v) is 10.1. The molecule has 0 radical (unpaired) electrons. The van der Waals surface area contributed by atoms with Crippen LogP contribution < -0.4 is 15.4 Å². The Labute approximate surface area is 179 Å². The molecule has 0 atom stereocenters. The third-order valence-corrected chi connectivity index (χ3v) is 4.73. The molecule has 3 N–H and O–H groups in total. The molecular formula is C23H25FN4O3. The molecule has 31 heavy (non-hydrogen) atoms. The highest BCUT2D eigenvalue weighted by Gasteiger charge is 2.19. The van der Waals surface area contributed by atoms with Crippen molar-refractivity contribution in [2.45, 2.75) is 19.8 Å². The van der Waals surface area contributed by atoms with Crippen molar-refractivity contribution in [2.75, 3.05) is 20.2 Å². The lowest BCUT2D eigenvalue weighted by Gasteiger charge is -2.11. The Hall–Kier alpha value is -3.68. The van der Waals surface area contributed by atoms with Gasteiger partial charge in [-0.3, -0.25) is 14.7 Å². The number of ether oxygens (including phenoxy) is 1. The molecule has 1 aromatic heterocycles. The predicted molar refractivity (Wildman–Crippen MR) is 118 cm³/mol. The second-order valence-electron chi connectivity index (χ2n) is 6.95. The van der Waals surface area contributed by atoms with E-state index in [0.717, 1.165) is 18.4 Å². The minimum absolute atomic E-state index is 0.119. The number of amides is 2. The lowest BCUT2D eigenvalue weighted by molar-refractivity contribution is -0.120. The molecule has 3 rings (SSSR count). The number of aromatic amines is 1. The maximum atomic E-state index is 13.1. The number of H-pyrrole nitrogens is 1. The van der Waals surface area contributed by atoms with E-state index < -0.39 is 5.91 Å². The number of carbonyl (C=O) groups excluding carboxylic acids is 2. The maximum Gasteiger partial charge on any atom is 0.255 e. The first kappa shape index (κ1) is 22.0. The minimum Gasteiger partial charge on any atom is -0.495 e. The second-order valence-corrected chi connectivity index (χ2v) is 6.95. The monoisotopic (exact) mass is 424 g/mol. The summed E-state index contributed by atoms with van der Waals surface area (Å²) in [6, 6.07) is 9.42. The van der Waals surface area contributed by atoms with E-state index in [9.17, 15) is 14.0 Å². The number of hydrogen-bond acceptors (Lipinski definition) is 4. The van der Waals surface area contributed by atoms with Gasteiger partial charge in [0.2, 0.25) is 5.91 Å². The molecule has 7 nitrogen and oxygen atoms in total. The van der Waals surface area contributed by atoms with Crippen molar-refractivity contribution in [2.24, 2.45) is 0 Å². The lowest BCUT2D eigenvalue weighted by Crippen LogP contribution is -2.37. The van der Waals surface area contributed by atoms with Crippen LogP contribution in [0.2, 0.25) is 0 Å². The maximum absolute atomic E-state index is 13.1. The smallest absolute Gasteiger partial charge is 0.255 e. The molecule has 2 aromatic carbocycles. The number of benzene rings is 2. The minimum atomic E-state index is -0.418. The Morgan fingerprint density at radius 1 is 1.13 bits per heavy atom. The zero-order chi connectivity index (χ0) is 22.2. The second kappa shape index (κ2) is 10.4.